The van der Waals surface area contributed by atoms with Gasteiger partial charge in [-0.1, -0.05) is 12.8 Å². The second-order valence-corrected chi connectivity index (χ2v) is 5.21. The average Bonchev–Trinajstić information content (AvgIpc) is 2.74. The highest BCUT2D eigenvalue weighted by molar-refractivity contribution is 5.74. The molecule has 2 fully saturated rings. The summed E-state index contributed by atoms with van der Waals surface area (Å²) in [7, 11) is 2.12. The zero-order valence-electron chi connectivity index (χ0n) is 10.4. The van der Waals surface area contributed by atoms with Gasteiger partial charge in [0.15, 0.2) is 0 Å². The Bertz CT molecular complexity index is 251. The van der Waals surface area contributed by atoms with Crippen LogP contribution in [0.1, 0.15) is 32.6 Å². The molecule has 16 heavy (non-hydrogen) atoms. The molecule has 1 atom stereocenters. The van der Waals surface area contributed by atoms with Gasteiger partial charge in [-0.05, 0) is 26.8 Å². The Morgan fingerprint density at radius 3 is 2.56 bits per heavy atom. The van der Waals surface area contributed by atoms with Crippen LogP contribution in [0.5, 0.6) is 0 Å². The summed E-state index contributed by atoms with van der Waals surface area (Å²) in [6, 6.07) is 1.05. The average molecular weight is 225 g/mol. The lowest BCUT2D eigenvalue weighted by molar-refractivity contribution is 0.116. The van der Waals surface area contributed by atoms with E-state index in [1.54, 1.807) is 0 Å². The van der Waals surface area contributed by atoms with E-state index in [9.17, 15) is 4.79 Å². The lowest BCUT2D eigenvalue weighted by atomic mass is 10.2. The molecule has 4 nitrogen and oxygen atoms in total. The first-order valence-corrected chi connectivity index (χ1v) is 6.42. The molecule has 1 aliphatic heterocycles. The molecular weight excluding hydrogens is 202 g/mol. The zero-order chi connectivity index (χ0) is 11.5. The molecule has 2 aliphatic rings. The number of nitrogens with zero attached hydrogens (tertiary/aromatic N) is 2. The number of likely N-dealkylation sites (N-methyl/N-ethyl adjacent to an activating group) is 1. The SMILES string of the molecule is CC1CN(C(=O)NC2CCCC2)CCN1C. The van der Waals surface area contributed by atoms with E-state index in [1.165, 1.54) is 12.8 Å². The van der Waals surface area contributed by atoms with Crippen LogP contribution in [0.4, 0.5) is 4.79 Å². The molecule has 1 aliphatic carbocycles. The third kappa shape index (κ3) is 2.67. The number of nitrogens with one attached hydrogen (secondary N) is 1. The Morgan fingerprint density at radius 1 is 1.25 bits per heavy atom. The van der Waals surface area contributed by atoms with Crippen LogP contribution in [0.25, 0.3) is 0 Å². The second-order valence-electron chi connectivity index (χ2n) is 5.21. The van der Waals surface area contributed by atoms with Crippen molar-refractivity contribution in [2.75, 3.05) is 26.7 Å². The molecule has 2 amide bonds. The first kappa shape index (κ1) is 11.7. The number of amides is 2. The van der Waals surface area contributed by atoms with Gasteiger partial charge in [0, 0.05) is 31.7 Å². The minimum absolute atomic E-state index is 0.145. The Balaban J connectivity index is 1.80. The van der Waals surface area contributed by atoms with E-state index in [0.717, 1.165) is 32.5 Å². The molecule has 0 bridgehead atoms. The van der Waals surface area contributed by atoms with Gasteiger partial charge in [-0.25, -0.2) is 4.79 Å². The van der Waals surface area contributed by atoms with Crippen molar-refractivity contribution in [1.29, 1.82) is 0 Å². The number of carbonyl (C=O) groups is 1. The van der Waals surface area contributed by atoms with Gasteiger partial charge in [-0.3, -0.25) is 0 Å². The fourth-order valence-electron chi connectivity index (χ4n) is 2.57. The third-order valence-electron chi connectivity index (χ3n) is 3.93. The molecule has 0 spiro atoms. The summed E-state index contributed by atoms with van der Waals surface area (Å²) >= 11 is 0. The molecule has 0 aromatic rings. The van der Waals surface area contributed by atoms with Gasteiger partial charge in [0.25, 0.3) is 0 Å². The minimum atomic E-state index is 0.145. The molecular formula is C12H23N3O. The Kier molecular flexibility index (Phi) is 3.69. The molecule has 1 N–H and O–H groups in total. The predicted molar refractivity (Wildman–Crippen MR) is 64.5 cm³/mol. The van der Waals surface area contributed by atoms with Gasteiger partial charge in [0.2, 0.25) is 0 Å². The summed E-state index contributed by atoms with van der Waals surface area (Å²) < 4.78 is 0. The Morgan fingerprint density at radius 2 is 1.94 bits per heavy atom. The van der Waals surface area contributed by atoms with Crippen molar-refractivity contribution >= 4 is 6.03 Å². The fourth-order valence-corrected chi connectivity index (χ4v) is 2.57. The molecule has 92 valence electrons. The van der Waals surface area contributed by atoms with Gasteiger partial charge in [0.1, 0.15) is 0 Å². The van der Waals surface area contributed by atoms with Gasteiger partial charge in [-0.2, -0.15) is 0 Å². The summed E-state index contributed by atoms with van der Waals surface area (Å²) in [4.78, 5) is 16.3. The summed E-state index contributed by atoms with van der Waals surface area (Å²) in [5.74, 6) is 0. The maximum atomic E-state index is 12.0. The quantitative estimate of drug-likeness (QED) is 0.729. The Labute approximate surface area is 98.0 Å². The third-order valence-corrected chi connectivity index (χ3v) is 3.93. The number of piperazine rings is 1. The minimum Gasteiger partial charge on any atom is -0.335 e. The van der Waals surface area contributed by atoms with Crippen LogP contribution in [-0.4, -0.2) is 54.6 Å². The number of hydrogen-bond acceptors (Lipinski definition) is 2. The number of carbonyl (C=O) groups excluding carboxylic acids is 1. The van der Waals surface area contributed by atoms with Crippen molar-refractivity contribution in [1.82, 2.24) is 15.1 Å². The van der Waals surface area contributed by atoms with Crippen LogP contribution in [0, 0.1) is 0 Å². The number of hydrogen-bond donors (Lipinski definition) is 1. The highest BCUT2D eigenvalue weighted by atomic mass is 16.2. The van der Waals surface area contributed by atoms with Crippen molar-refractivity contribution in [3.8, 4) is 0 Å². The van der Waals surface area contributed by atoms with Gasteiger partial charge >= 0.3 is 6.03 Å². The maximum absolute atomic E-state index is 12.0. The number of urea groups is 1. The van der Waals surface area contributed by atoms with Crippen LogP contribution in [-0.2, 0) is 0 Å². The lowest BCUT2D eigenvalue weighted by Gasteiger charge is -2.38. The van der Waals surface area contributed by atoms with Gasteiger partial charge in [-0.15, -0.1) is 0 Å². The predicted octanol–water partition coefficient (Wildman–Crippen LogP) is 1.27. The van der Waals surface area contributed by atoms with Crippen LogP contribution in [0.15, 0.2) is 0 Å². The first-order chi connectivity index (χ1) is 7.66. The molecule has 0 aromatic heterocycles. The summed E-state index contributed by atoms with van der Waals surface area (Å²) in [5, 5.41) is 3.15. The maximum Gasteiger partial charge on any atom is 0.317 e. The van der Waals surface area contributed by atoms with E-state index in [2.05, 4.69) is 24.2 Å². The van der Waals surface area contributed by atoms with Gasteiger partial charge in [0.05, 0.1) is 0 Å². The molecule has 1 saturated carbocycles. The summed E-state index contributed by atoms with van der Waals surface area (Å²) in [5.41, 5.74) is 0. The molecule has 1 saturated heterocycles. The van der Waals surface area contributed by atoms with E-state index in [4.69, 9.17) is 0 Å². The van der Waals surface area contributed by atoms with E-state index < -0.39 is 0 Å². The van der Waals surface area contributed by atoms with Crippen LogP contribution in [0.2, 0.25) is 0 Å². The normalized spacial score (nSPS) is 28.4. The largest absolute Gasteiger partial charge is 0.335 e. The van der Waals surface area contributed by atoms with Crippen LogP contribution in [0.3, 0.4) is 0 Å². The number of rotatable bonds is 1. The van der Waals surface area contributed by atoms with Crippen molar-refractivity contribution in [2.45, 2.75) is 44.7 Å². The van der Waals surface area contributed by atoms with Crippen molar-refractivity contribution in [3.05, 3.63) is 0 Å². The van der Waals surface area contributed by atoms with Crippen LogP contribution < -0.4 is 5.32 Å². The van der Waals surface area contributed by atoms with E-state index in [1.807, 2.05) is 4.90 Å². The summed E-state index contributed by atoms with van der Waals surface area (Å²) in [6.07, 6.45) is 4.86. The van der Waals surface area contributed by atoms with Crippen molar-refractivity contribution in [3.63, 3.8) is 0 Å². The van der Waals surface area contributed by atoms with Crippen LogP contribution >= 0.6 is 0 Å². The van der Waals surface area contributed by atoms with Crippen molar-refractivity contribution in [2.24, 2.45) is 0 Å². The topological polar surface area (TPSA) is 35.6 Å². The molecule has 0 aromatic carbocycles. The zero-order valence-corrected chi connectivity index (χ0v) is 10.4. The molecule has 1 heterocycles. The van der Waals surface area contributed by atoms with E-state index in [-0.39, 0.29) is 6.03 Å². The van der Waals surface area contributed by atoms with E-state index in [0.29, 0.717) is 12.1 Å². The lowest BCUT2D eigenvalue weighted by Crippen LogP contribution is -2.55. The highest BCUT2D eigenvalue weighted by Gasteiger charge is 2.26. The molecule has 0 radical (unpaired) electrons. The van der Waals surface area contributed by atoms with E-state index >= 15 is 0 Å². The smallest absolute Gasteiger partial charge is 0.317 e. The monoisotopic (exact) mass is 225 g/mol. The first-order valence-electron chi connectivity index (χ1n) is 6.42. The highest BCUT2D eigenvalue weighted by Crippen LogP contribution is 2.18. The standard InChI is InChI=1S/C12H23N3O/c1-10-9-15(8-7-14(10)2)12(16)13-11-5-3-4-6-11/h10-11H,3-9H2,1-2H3,(H,13,16). The Hall–Kier alpha value is -0.770. The molecule has 4 heteroatoms. The molecule has 1 unspecified atom stereocenters. The molecule has 2 rings (SSSR count). The van der Waals surface area contributed by atoms with Crippen molar-refractivity contribution < 1.29 is 4.79 Å². The van der Waals surface area contributed by atoms with Gasteiger partial charge < -0.3 is 15.1 Å². The second kappa shape index (κ2) is 5.04. The fraction of sp³-hybridized carbons (Fsp3) is 0.917. The summed E-state index contributed by atoms with van der Waals surface area (Å²) in [6.45, 7) is 4.88.